The van der Waals surface area contributed by atoms with Crippen molar-refractivity contribution in [3.63, 3.8) is 0 Å². The van der Waals surface area contributed by atoms with Gasteiger partial charge >= 0.3 is 0 Å². The standard InChI is InChI=1S/C11H15BrN2O/c12-9-7-14-11(6-10(9)13)15-8-4-2-1-3-5-8/h6-8H,1-5H2,(H2,13,14). The molecule has 0 atom stereocenters. The highest BCUT2D eigenvalue weighted by Crippen LogP contribution is 2.25. The number of rotatable bonds is 2. The molecule has 0 amide bonds. The molecule has 1 saturated carbocycles. The van der Waals surface area contributed by atoms with Gasteiger partial charge in [0.1, 0.15) is 6.10 Å². The fourth-order valence-electron chi connectivity index (χ4n) is 1.85. The van der Waals surface area contributed by atoms with Crippen LogP contribution in [-0.2, 0) is 0 Å². The van der Waals surface area contributed by atoms with Gasteiger partial charge in [-0.15, -0.1) is 0 Å². The van der Waals surface area contributed by atoms with Gasteiger partial charge in [0.05, 0.1) is 10.2 Å². The largest absolute Gasteiger partial charge is 0.474 e. The highest BCUT2D eigenvalue weighted by Gasteiger charge is 2.15. The maximum Gasteiger partial charge on any atom is 0.215 e. The van der Waals surface area contributed by atoms with Gasteiger partial charge < -0.3 is 10.5 Å². The van der Waals surface area contributed by atoms with Gasteiger partial charge in [-0.05, 0) is 41.6 Å². The monoisotopic (exact) mass is 270 g/mol. The average molecular weight is 271 g/mol. The predicted molar refractivity (Wildman–Crippen MR) is 63.9 cm³/mol. The van der Waals surface area contributed by atoms with E-state index in [0.29, 0.717) is 17.7 Å². The molecule has 0 saturated heterocycles. The van der Waals surface area contributed by atoms with Crippen LogP contribution in [0.3, 0.4) is 0 Å². The van der Waals surface area contributed by atoms with E-state index in [-0.39, 0.29) is 0 Å². The molecule has 1 aromatic heterocycles. The highest BCUT2D eigenvalue weighted by atomic mass is 79.9. The van der Waals surface area contributed by atoms with Crippen LogP contribution in [0.2, 0.25) is 0 Å². The van der Waals surface area contributed by atoms with E-state index >= 15 is 0 Å². The lowest BCUT2D eigenvalue weighted by molar-refractivity contribution is 0.149. The molecule has 1 aliphatic carbocycles. The zero-order chi connectivity index (χ0) is 10.7. The van der Waals surface area contributed by atoms with Crippen LogP contribution >= 0.6 is 15.9 Å². The Labute approximate surface area is 98.2 Å². The minimum atomic E-state index is 0.326. The molecule has 0 aliphatic heterocycles. The van der Waals surface area contributed by atoms with Gasteiger partial charge in [0, 0.05) is 12.3 Å². The molecule has 1 aliphatic rings. The zero-order valence-corrected chi connectivity index (χ0v) is 10.2. The highest BCUT2D eigenvalue weighted by molar-refractivity contribution is 9.10. The summed E-state index contributed by atoms with van der Waals surface area (Å²) in [7, 11) is 0. The molecule has 1 heterocycles. The third-order valence-corrected chi connectivity index (χ3v) is 3.36. The first-order chi connectivity index (χ1) is 7.25. The summed E-state index contributed by atoms with van der Waals surface area (Å²) in [5, 5.41) is 0. The summed E-state index contributed by atoms with van der Waals surface area (Å²) in [6, 6.07) is 1.78. The number of aromatic nitrogens is 1. The molecule has 0 bridgehead atoms. The lowest BCUT2D eigenvalue weighted by Gasteiger charge is -2.22. The number of hydrogen-bond donors (Lipinski definition) is 1. The van der Waals surface area contributed by atoms with Crippen molar-refractivity contribution in [3.8, 4) is 5.88 Å². The second-order valence-corrected chi connectivity index (χ2v) is 4.78. The molecule has 0 aromatic carbocycles. The van der Waals surface area contributed by atoms with Crippen LogP contribution < -0.4 is 10.5 Å². The molecular weight excluding hydrogens is 256 g/mol. The molecule has 2 rings (SSSR count). The Morgan fingerprint density at radius 2 is 2.07 bits per heavy atom. The fourth-order valence-corrected chi connectivity index (χ4v) is 2.07. The molecule has 0 spiro atoms. The quantitative estimate of drug-likeness (QED) is 0.898. The van der Waals surface area contributed by atoms with E-state index in [0.717, 1.165) is 17.3 Å². The van der Waals surface area contributed by atoms with Crippen molar-refractivity contribution in [1.29, 1.82) is 0 Å². The minimum Gasteiger partial charge on any atom is -0.474 e. The van der Waals surface area contributed by atoms with Crippen molar-refractivity contribution >= 4 is 21.6 Å². The normalized spacial score (nSPS) is 17.7. The van der Waals surface area contributed by atoms with E-state index in [1.807, 2.05) is 0 Å². The van der Waals surface area contributed by atoms with Crippen molar-refractivity contribution in [2.24, 2.45) is 0 Å². The molecular formula is C11H15BrN2O. The number of nitrogens with zero attached hydrogens (tertiary/aromatic N) is 1. The molecule has 3 nitrogen and oxygen atoms in total. The first-order valence-electron chi connectivity index (χ1n) is 5.33. The van der Waals surface area contributed by atoms with Crippen molar-refractivity contribution in [1.82, 2.24) is 4.98 Å². The molecule has 1 aromatic rings. The van der Waals surface area contributed by atoms with Crippen LogP contribution in [0, 0.1) is 0 Å². The summed E-state index contributed by atoms with van der Waals surface area (Å²) >= 11 is 3.31. The summed E-state index contributed by atoms with van der Waals surface area (Å²) in [4.78, 5) is 4.18. The number of hydrogen-bond acceptors (Lipinski definition) is 3. The number of anilines is 1. The number of pyridine rings is 1. The van der Waals surface area contributed by atoms with Crippen LogP contribution in [0.15, 0.2) is 16.7 Å². The number of ether oxygens (including phenoxy) is 1. The van der Waals surface area contributed by atoms with Gasteiger partial charge in [-0.3, -0.25) is 0 Å². The molecule has 1 fully saturated rings. The summed E-state index contributed by atoms with van der Waals surface area (Å²) < 4.78 is 6.60. The minimum absolute atomic E-state index is 0.326. The SMILES string of the molecule is Nc1cc(OC2CCCCC2)ncc1Br. The van der Waals surface area contributed by atoms with Crippen LogP contribution in [0.25, 0.3) is 0 Å². The summed E-state index contributed by atoms with van der Waals surface area (Å²) in [5.41, 5.74) is 6.44. The molecule has 15 heavy (non-hydrogen) atoms. The van der Waals surface area contributed by atoms with Gasteiger partial charge in [-0.2, -0.15) is 0 Å². The van der Waals surface area contributed by atoms with E-state index in [1.165, 1.54) is 19.3 Å². The molecule has 0 radical (unpaired) electrons. The lowest BCUT2D eigenvalue weighted by atomic mass is 9.98. The predicted octanol–water partition coefficient (Wildman–Crippen LogP) is 3.14. The van der Waals surface area contributed by atoms with Crippen LogP contribution in [-0.4, -0.2) is 11.1 Å². The van der Waals surface area contributed by atoms with Gasteiger partial charge in [0.15, 0.2) is 0 Å². The smallest absolute Gasteiger partial charge is 0.215 e. The second-order valence-electron chi connectivity index (χ2n) is 3.92. The van der Waals surface area contributed by atoms with Gasteiger partial charge in [0.25, 0.3) is 0 Å². The van der Waals surface area contributed by atoms with Crippen molar-refractivity contribution in [2.75, 3.05) is 5.73 Å². The molecule has 2 N–H and O–H groups in total. The lowest BCUT2D eigenvalue weighted by Crippen LogP contribution is -2.20. The molecule has 4 heteroatoms. The van der Waals surface area contributed by atoms with E-state index in [1.54, 1.807) is 12.3 Å². The number of nitrogen functional groups attached to an aromatic ring is 1. The van der Waals surface area contributed by atoms with Crippen molar-refractivity contribution in [3.05, 3.63) is 16.7 Å². The van der Waals surface area contributed by atoms with E-state index < -0.39 is 0 Å². The molecule has 82 valence electrons. The van der Waals surface area contributed by atoms with Gasteiger partial charge in [-0.25, -0.2) is 4.98 Å². The van der Waals surface area contributed by atoms with Crippen molar-refractivity contribution in [2.45, 2.75) is 38.2 Å². The summed E-state index contributed by atoms with van der Waals surface area (Å²) in [6.07, 6.45) is 8.14. The Bertz CT molecular complexity index is 337. The summed E-state index contributed by atoms with van der Waals surface area (Å²) in [5.74, 6) is 0.641. The van der Waals surface area contributed by atoms with E-state index in [9.17, 15) is 0 Å². The van der Waals surface area contributed by atoms with Crippen LogP contribution in [0.5, 0.6) is 5.88 Å². The Kier molecular flexibility index (Phi) is 3.46. The maximum absolute atomic E-state index is 5.78. The Morgan fingerprint density at radius 1 is 1.33 bits per heavy atom. The van der Waals surface area contributed by atoms with Gasteiger partial charge in [0.2, 0.25) is 5.88 Å². The summed E-state index contributed by atoms with van der Waals surface area (Å²) in [6.45, 7) is 0. The first kappa shape index (κ1) is 10.7. The maximum atomic E-state index is 5.78. The van der Waals surface area contributed by atoms with E-state index in [2.05, 4.69) is 20.9 Å². The number of nitrogens with two attached hydrogens (primary N) is 1. The molecule has 0 unspecified atom stereocenters. The average Bonchev–Trinajstić information content (AvgIpc) is 2.25. The number of halogens is 1. The third-order valence-electron chi connectivity index (χ3n) is 2.70. The van der Waals surface area contributed by atoms with E-state index in [4.69, 9.17) is 10.5 Å². The third kappa shape index (κ3) is 2.84. The second kappa shape index (κ2) is 4.84. The van der Waals surface area contributed by atoms with Crippen molar-refractivity contribution < 1.29 is 4.74 Å². The zero-order valence-electron chi connectivity index (χ0n) is 8.58. The topological polar surface area (TPSA) is 48.1 Å². The first-order valence-corrected chi connectivity index (χ1v) is 6.12. The van der Waals surface area contributed by atoms with Crippen LogP contribution in [0.1, 0.15) is 32.1 Å². The fraction of sp³-hybridized carbons (Fsp3) is 0.545. The Hall–Kier alpha value is -0.770. The Balaban J connectivity index is 2.00. The Morgan fingerprint density at radius 3 is 2.73 bits per heavy atom. The van der Waals surface area contributed by atoms with Crippen LogP contribution in [0.4, 0.5) is 5.69 Å². The van der Waals surface area contributed by atoms with Gasteiger partial charge in [-0.1, -0.05) is 6.42 Å².